The lowest BCUT2D eigenvalue weighted by atomic mass is 10.2. The molecule has 4 aromatic rings. The fourth-order valence-corrected chi connectivity index (χ4v) is 3.51. The summed E-state index contributed by atoms with van der Waals surface area (Å²) in [5.41, 5.74) is 5.60. The van der Waals surface area contributed by atoms with Crippen LogP contribution in [0.5, 0.6) is 0 Å². The van der Waals surface area contributed by atoms with Crippen molar-refractivity contribution >= 4 is 17.2 Å². The van der Waals surface area contributed by atoms with Gasteiger partial charge in [0.05, 0.1) is 41.7 Å². The van der Waals surface area contributed by atoms with Gasteiger partial charge in [0.1, 0.15) is 17.8 Å². The van der Waals surface area contributed by atoms with E-state index in [1.54, 1.807) is 18.6 Å². The average molecular weight is 413 g/mol. The van der Waals surface area contributed by atoms with Crippen LogP contribution >= 0.6 is 0 Å². The monoisotopic (exact) mass is 412 g/mol. The molecular weight excluding hydrogens is 388 g/mol. The van der Waals surface area contributed by atoms with Gasteiger partial charge in [-0.2, -0.15) is 5.10 Å². The van der Waals surface area contributed by atoms with E-state index in [1.807, 2.05) is 28.9 Å². The Balaban J connectivity index is 1.40. The van der Waals surface area contributed by atoms with E-state index < -0.39 is 0 Å². The van der Waals surface area contributed by atoms with Gasteiger partial charge in [-0.1, -0.05) is 6.07 Å². The van der Waals surface area contributed by atoms with Crippen LogP contribution in [0.3, 0.4) is 0 Å². The molecule has 0 radical (unpaired) electrons. The van der Waals surface area contributed by atoms with Crippen molar-refractivity contribution in [1.29, 1.82) is 0 Å². The molecule has 0 aliphatic heterocycles. The van der Waals surface area contributed by atoms with Crippen molar-refractivity contribution in [3.05, 3.63) is 72.7 Å². The Labute approximate surface area is 180 Å². The molecular formula is C23H24N8. The highest BCUT2D eigenvalue weighted by Crippen LogP contribution is 2.39. The predicted molar refractivity (Wildman–Crippen MR) is 120 cm³/mol. The first kappa shape index (κ1) is 19.2. The zero-order valence-electron chi connectivity index (χ0n) is 17.4. The molecule has 0 spiro atoms. The highest BCUT2D eigenvalue weighted by Gasteiger charge is 2.25. The van der Waals surface area contributed by atoms with Gasteiger partial charge in [0.25, 0.3) is 0 Å². The van der Waals surface area contributed by atoms with Crippen LogP contribution in [-0.2, 0) is 13.1 Å². The fourth-order valence-electron chi connectivity index (χ4n) is 3.51. The van der Waals surface area contributed by atoms with E-state index in [9.17, 15) is 0 Å². The lowest BCUT2D eigenvalue weighted by Crippen LogP contribution is -2.10. The molecule has 4 heterocycles. The largest absolute Gasteiger partial charge is 0.365 e. The molecule has 1 aliphatic rings. The normalized spacial score (nSPS) is 13.2. The smallest absolute Gasteiger partial charge is 0.125 e. The summed E-state index contributed by atoms with van der Waals surface area (Å²) < 4.78 is 1.95. The molecule has 0 aromatic carbocycles. The summed E-state index contributed by atoms with van der Waals surface area (Å²) in [6, 6.07) is 12.1. The van der Waals surface area contributed by atoms with Gasteiger partial charge in [0, 0.05) is 30.4 Å². The lowest BCUT2D eigenvalue weighted by Gasteiger charge is -2.14. The van der Waals surface area contributed by atoms with Gasteiger partial charge in [0.2, 0.25) is 0 Å². The van der Waals surface area contributed by atoms with Crippen molar-refractivity contribution in [2.75, 3.05) is 10.6 Å². The van der Waals surface area contributed by atoms with Gasteiger partial charge >= 0.3 is 0 Å². The topological polar surface area (TPSA) is 93.4 Å². The molecule has 2 N–H and O–H groups in total. The summed E-state index contributed by atoms with van der Waals surface area (Å²) in [5.74, 6) is 1.53. The van der Waals surface area contributed by atoms with E-state index in [0.717, 1.165) is 46.5 Å². The summed E-state index contributed by atoms with van der Waals surface area (Å²) in [4.78, 5) is 17.5. The maximum atomic E-state index is 4.96. The third-order valence-electron chi connectivity index (χ3n) is 5.27. The quantitative estimate of drug-likeness (QED) is 0.443. The molecule has 5 rings (SSSR count). The molecule has 1 saturated carbocycles. The molecule has 0 unspecified atom stereocenters. The van der Waals surface area contributed by atoms with Crippen LogP contribution in [0.1, 0.15) is 37.1 Å². The lowest BCUT2D eigenvalue weighted by molar-refractivity contribution is 0.665. The number of aromatic nitrogens is 6. The van der Waals surface area contributed by atoms with Crippen LogP contribution in [0.15, 0.2) is 61.3 Å². The van der Waals surface area contributed by atoms with Crippen molar-refractivity contribution in [2.24, 2.45) is 0 Å². The van der Waals surface area contributed by atoms with Gasteiger partial charge in [-0.15, -0.1) is 0 Å². The van der Waals surface area contributed by atoms with Crippen molar-refractivity contribution in [3.8, 4) is 11.4 Å². The maximum absolute atomic E-state index is 4.96. The Morgan fingerprint density at radius 1 is 1.06 bits per heavy atom. The summed E-state index contributed by atoms with van der Waals surface area (Å²) in [7, 11) is 0. The molecule has 1 fully saturated rings. The van der Waals surface area contributed by atoms with Crippen LogP contribution in [0, 0.1) is 0 Å². The van der Waals surface area contributed by atoms with Crippen molar-refractivity contribution in [3.63, 3.8) is 0 Å². The molecule has 1 aliphatic carbocycles. The number of anilines is 3. The number of rotatable bonds is 8. The van der Waals surface area contributed by atoms with Gasteiger partial charge in [-0.25, -0.2) is 14.6 Å². The number of hydrogen-bond acceptors (Lipinski definition) is 7. The third kappa shape index (κ3) is 4.37. The number of nitrogens with zero attached hydrogens (tertiary/aromatic N) is 6. The Morgan fingerprint density at radius 2 is 1.94 bits per heavy atom. The zero-order chi connectivity index (χ0) is 21.0. The SMILES string of the molecule is CCn1nc(-c2ccccn2)cc1NCc1nc(C2CC2)ccc1Nc1cncnc1. The minimum Gasteiger partial charge on any atom is -0.365 e. The van der Waals surface area contributed by atoms with Gasteiger partial charge in [-0.05, 0) is 44.0 Å². The Hall–Kier alpha value is -3.81. The van der Waals surface area contributed by atoms with Gasteiger partial charge in [-0.3, -0.25) is 9.97 Å². The van der Waals surface area contributed by atoms with Crippen LogP contribution < -0.4 is 10.6 Å². The minimum absolute atomic E-state index is 0.573. The molecule has 8 nitrogen and oxygen atoms in total. The highest BCUT2D eigenvalue weighted by atomic mass is 15.3. The highest BCUT2D eigenvalue weighted by molar-refractivity contribution is 5.62. The molecule has 0 bridgehead atoms. The van der Waals surface area contributed by atoms with E-state index in [4.69, 9.17) is 10.1 Å². The second kappa shape index (κ2) is 8.51. The van der Waals surface area contributed by atoms with Gasteiger partial charge < -0.3 is 10.6 Å². The minimum atomic E-state index is 0.573. The molecule has 31 heavy (non-hydrogen) atoms. The van der Waals surface area contributed by atoms with Crippen LogP contribution in [0.4, 0.5) is 17.2 Å². The number of hydrogen-bond donors (Lipinski definition) is 2. The standard InChI is InChI=1S/C23H24N8/c1-2-31-23(11-21(30-31)19-5-3-4-10-26-19)27-14-22-20(28-17-12-24-15-25-13-17)9-8-18(29-22)16-6-7-16/h3-5,8-13,15-16,27-28H,2,6-7,14H2,1H3. The predicted octanol–water partition coefficient (Wildman–Crippen LogP) is 4.38. The molecule has 4 aromatic heterocycles. The first-order valence-electron chi connectivity index (χ1n) is 10.5. The first-order chi connectivity index (χ1) is 15.3. The van der Waals surface area contributed by atoms with E-state index in [1.165, 1.54) is 19.2 Å². The first-order valence-corrected chi connectivity index (χ1v) is 10.5. The summed E-state index contributed by atoms with van der Waals surface area (Å²) in [6.45, 7) is 3.41. The van der Waals surface area contributed by atoms with Crippen LogP contribution in [0.25, 0.3) is 11.4 Å². The average Bonchev–Trinajstić information content (AvgIpc) is 3.59. The number of nitrogens with one attached hydrogen (secondary N) is 2. The van der Waals surface area contributed by atoms with E-state index >= 15 is 0 Å². The number of aryl methyl sites for hydroxylation is 1. The second-order valence-electron chi connectivity index (χ2n) is 7.56. The van der Waals surface area contributed by atoms with Crippen LogP contribution in [0.2, 0.25) is 0 Å². The second-order valence-corrected chi connectivity index (χ2v) is 7.56. The van der Waals surface area contributed by atoms with Crippen molar-refractivity contribution in [1.82, 2.24) is 29.7 Å². The van der Waals surface area contributed by atoms with Crippen molar-refractivity contribution in [2.45, 2.75) is 38.8 Å². The van der Waals surface area contributed by atoms with Crippen molar-refractivity contribution < 1.29 is 0 Å². The summed E-state index contributed by atoms with van der Waals surface area (Å²) in [6.07, 6.45) is 9.25. The molecule has 0 atom stereocenters. The third-order valence-corrected chi connectivity index (χ3v) is 5.27. The summed E-state index contributed by atoms with van der Waals surface area (Å²) >= 11 is 0. The Kier molecular flexibility index (Phi) is 5.26. The van der Waals surface area contributed by atoms with Crippen LogP contribution in [-0.4, -0.2) is 29.7 Å². The molecule has 0 saturated heterocycles. The van der Waals surface area contributed by atoms with E-state index in [-0.39, 0.29) is 0 Å². The number of pyridine rings is 2. The van der Waals surface area contributed by atoms with Gasteiger partial charge in [0.15, 0.2) is 0 Å². The van der Waals surface area contributed by atoms with E-state index in [0.29, 0.717) is 12.5 Å². The zero-order valence-corrected chi connectivity index (χ0v) is 17.4. The summed E-state index contributed by atoms with van der Waals surface area (Å²) in [5, 5.41) is 11.6. The Bertz CT molecular complexity index is 1150. The fraction of sp³-hybridized carbons (Fsp3) is 0.261. The van der Waals surface area contributed by atoms with E-state index in [2.05, 4.69) is 44.6 Å². The maximum Gasteiger partial charge on any atom is 0.125 e. The molecule has 0 amide bonds. The Morgan fingerprint density at radius 3 is 2.68 bits per heavy atom. The molecule has 8 heteroatoms. The molecule has 156 valence electrons.